The Morgan fingerprint density at radius 2 is 2.22 bits per heavy atom. The zero-order chi connectivity index (χ0) is 13.7. The zero-order valence-corrected chi connectivity index (χ0v) is 10.4. The number of nitrogens with one attached hydrogen (secondary N) is 1. The summed E-state index contributed by atoms with van der Waals surface area (Å²) in [5.74, 6) is -0.968. The van der Waals surface area contributed by atoms with E-state index in [1.54, 1.807) is 0 Å². The van der Waals surface area contributed by atoms with Gasteiger partial charge in [-0.2, -0.15) is 0 Å². The molecule has 0 aliphatic carbocycles. The van der Waals surface area contributed by atoms with Crippen LogP contribution in [0.2, 0.25) is 0 Å². The average Bonchev–Trinajstić information content (AvgIpc) is 2.28. The lowest BCUT2D eigenvalue weighted by molar-refractivity contribution is -0.384. The molecule has 1 atom stereocenters. The van der Waals surface area contributed by atoms with E-state index >= 15 is 0 Å². The standard InChI is InChI=1S/C10H12N2O5S/c1-18(17)6-5-11-9-7(10(13)14)3-2-4-8(9)12(15)16/h2-4,11H,5-6H2,1H3,(H,13,14). The Hall–Kier alpha value is -1.96. The lowest BCUT2D eigenvalue weighted by atomic mass is 10.1. The van der Waals surface area contributed by atoms with Crippen molar-refractivity contribution >= 4 is 28.1 Å². The summed E-state index contributed by atoms with van der Waals surface area (Å²) >= 11 is 0. The molecule has 0 saturated heterocycles. The Labute approximate surface area is 105 Å². The Balaban J connectivity index is 3.07. The summed E-state index contributed by atoms with van der Waals surface area (Å²) in [6, 6.07) is 3.81. The first-order chi connectivity index (χ1) is 8.43. The van der Waals surface area contributed by atoms with Crippen LogP contribution in [-0.2, 0) is 10.8 Å². The number of anilines is 1. The van der Waals surface area contributed by atoms with Crippen LogP contribution in [0.4, 0.5) is 11.4 Å². The van der Waals surface area contributed by atoms with Crippen LogP contribution in [0.25, 0.3) is 0 Å². The van der Waals surface area contributed by atoms with Crippen molar-refractivity contribution in [1.29, 1.82) is 0 Å². The molecule has 0 fully saturated rings. The second-order valence-electron chi connectivity index (χ2n) is 3.47. The number of nitrogens with zero attached hydrogens (tertiary/aromatic N) is 1. The Morgan fingerprint density at radius 3 is 2.72 bits per heavy atom. The molecule has 0 heterocycles. The number of nitro benzene ring substituents is 1. The number of benzene rings is 1. The van der Waals surface area contributed by atoms with Gasteiger partial charge in [0.2, 0.25) is 0 Å². The summed E-state index contributed by atoms with van der Waals surface area (Å²) < 4.78 is 10.9. The van der Waals surface area contributed by atoms with Gasteiger partial charge in [-0.05, 0) is 6.07 Å². The molecule has 7 nitrogen and oxygen atoms in total. The summed E-state index contributed by atoms with van der Waals surface area (Å²) in [5.41, 5.74) is -0.539. The van der Waals surface area contributed by atoms with Crippen LogP contribution >= 0.6 is 0 Å². The van der Waals surface area contributed by atoms with Gasteiger partial charge in [0, 0.05) is 35.4 Å². The molecule has 98 valence electrons. The van der Waals surface area contributed by atoms with E-state index in [0.717, 1.165) is 0 Å². The lowest BCUT2D eigenvalue weighted by Crippen LogP contribution is -2.14. The van der Waals surface area contributed by atoms with Crippen molar-refractivity contribution in [2.24, 2.45) is 0 Å². The summed E-state index contributed by atoms with van der Waals surface area (Å²) in [7, 11) is -1.05. The van der Waals surface area contributed by atoms with Crippen molar-refractivity contribution in [3.63, 3.8) is 0 Å². The van der Waals surface area contributed by atoms with Gasteiger partial charge in [0.05, 0.1) is 10.5 Å². The molecule has 2 N–H and O–H groups in total. The maximum absolute atomic E-state index is 11.0. The molecule has 0 aliphatic heterocycles. The smallest absolute Gasteiger partial charge is 0.338 e. The monoisotopic (exact) mass is 272 g/mol. The van der Waals surface area contributed by atoms with Crippen molar-refractivity contribution in [3.8, 4) is 0 Å². The molecule has 0 saturated carbocycles. The SMILES string of the molecule is CS(=O)CCNc1c(C(=O)O)cccc1[N+](=O)[O-]. The van der Waals surface area contributed by atoms with Gasteiger partial charge in [-0.15, -0.1) is 0 Å². The highest BCUT2D eigenvalue weighted by molar-refractivity contribution is 7.84. The number of aromatic carboxylic acids is 1. The van der Waals surface area contributed by atoms with Crippen LogP contribution in [0.1, 0.15) is 10.4 Å². The third kappa shape index (κ3) is 3.52. The van der Waals surface area contributed by atoms with Gasteiger partial charge in [0.1, 0.15) is 5.69 Å². The summed E-state index contributed by atoms with van der Waals surface area (Å²) in [6.07, 6.45) is 1.50. The quantitative estimate of drug-likeness (QED) is 0.592. The highest BCUT2D eigenvalue weighted by atomic mass is 32.2. The number of rotatable bonds is 6. The minimum atomic E-state index is -1.25. The van der Waals surface area contributed by atoms with Crippen LogP contribution in [0.5, 0.6) is 0 Å². The largest absolute Gasteiger partial charge is 0.478 e. The van der Waals surface area contributed by atoms with Gasteiger partial charge in [0.25, 0.3) is 5.69 Å². The minimum absolute atomic E-state index is 0.0551. The van der Waals surface area contributed by atoms with E-state index in [1.165, 1.54) is 24.5 Å². The minimum Gasteiger partial charge on any atom is -0.478 e. The maximum atomic E-state index is 11.0. The number of para-hydroxylation sites is 1. The predicted molar refractivity (Wildman–Crippen MR) is 67.5 cm³/mol. The van der Waals surface area contributed by atoms with Gasteiger partial charge < -0.3 is 10.4 Å². The van der Waals surface area contributed by atoms with Crippen molar-refractivity contribution in [2.45, 2.75) is 0 Å². The van der Waals surface area contributed by atoms with Crippen LogP contribution in [0.15, 0.2) is 18.2 Å². The van der Waals surface area contributed by atoms with Crippen molar-refractivity contribution in [3.05, 3.63) is 33.9 Å². The van der Waals surface area contributed by atoms with E-state index in [2.05, 4.69) is 5.32 Å². The first kappa shape index (κ1) is 14.1. The normalized spacial score (nSPS) is 11.8. The number of carbonyl (C=O) groups is 1. The Kier molecular flexibility index (Phi) is 4.78. The Bertz CT molecular complexity index is 471. The third-order valence-electron chi connectivity index (χ3n) is 2.16. The molecule has 18 heavy (non-hydrogen) atoms. The number of hydrogen-bond donors (Lipinski definition) is 2. The first-order valence-electron chi connectivity index (χ1n) is 4.98. The maximum Gasteiger partial charge on any atom is 0.338 e. The van der Waals surface area contributed by atoms with Crippen LogP contribution in [0, 0.1) is 10.1 Å². The molecular weight excluding hydrogens is 260 g/mol. The van der Waals surface area contributed by atoms with Crippen LogP contribution in [-0.4, -0.2) is 38.8 Å². The van der Waals surface area contributed by atoms with E-state index in [0.29, 0.717) is 0 Å². The fourth-order valence-corrected chi connectivity index (χ4v) is 1.77. The molecule has 0 aromatic heterocycles. The molecule has 1 unspecified atom stereocenters. The second kappa shape index (κ2) is 6.10. The number of nitro groups is 1. The number of hydrogen-bond acceptors (Lipinski definition) is 5. The van der Waals surface area contributed by atoms with Crippen LogP contribution < -0.4 is 5.32 Å². The van der Waals surface area contributed by atoms with Gasteiger partial charge in [0.15, 0.2) is 0 Å². The first-order valence-corrected chi connectivity index (χ1v) is 6.70. The molecule has 1 aromatic rings. The molecule has 0 spiro atoms. The van der Waals surface area contributed by atoms with E-state index in [1.807, 2.05) is 0 Å². The number of carboxylic acids is 1. The van der Waals surface area contributed by atoms with E-state index in [9.17, 15) is 19.1 Å². The predicted octanol–water partition coefficient (Wildman–Crippen LogP) is 1.08. The van der Waals surface area contributed by atoms with Crippen molar-refractivity contribution in [2.75, 3.05) is 23.9 Å². The number of carboxylic acid groups (broad SMARTS) is 1. The van der Waals surface area contributed by atoms with Gasteiger partial charge >= 0.3 is 5.97 Å². The van der Waals surface area contributed by atoms with Crippen molar-refractivity contribution < 1.29 is 19.0 Å². The van der Waals surface area contributed by atoms with Gasteiger partial charge in [-0.1, -0.05) is 6.07 Å². The molecular formula is C10H12N2O5S. The highest BCUT2D eigenvalue weighted by Crippen LogP contribution is 2.28. The molecule has 0 bridgehead atoms. The molecule has 0 radical (unpaired) electrons. The fraction of sp³-hybridized carbons (Fsp3) is 0.300. The van der Waals surface area contributed by atoms with E-state index < -0.39 is 21.7 Å². The van der Waals surface area contributed by atoms with E-state index in [4.69, 9.17) is 5.11 Å². The third-order valence-corrected chi connectivity index (χ3v) is 2.94. The molecule has 1 rings (SSSR count). The molecule has 1 aromatic carbocycles. The zero-order valence-electron chi connectivity index (χ0n) is 9.58. The van der Waals surface area contributed by atoms with E-state index in [-0.39, 0.29) is 29.2 Å². The summed E-state index contributed by atoms with van der Waals surface area (Å²) in [6.45, 7) is 0.203. The second-order valence-corrected chi connectivity index (χ2v) is 5.02. The molecule has 0 aliphatic rings. The topological polar surface area (TPSA) is 110 Å². The summed E-state index contributed by atoms with van der Waals surface area (Å²) in [4.78, 5) is 21.1. The fourth-order valence-electron chi connectivity index (χ4n) is 1.38. The van der Waals surface area contributed by atoms with Crippen molar-refractivity contribution in [1.82, 2.24) is 0 Å². The highest BCUT2D eigenvalue weighted by Gasteiger charge is 2.20. The summed E-state index contributed by atoms with van der Waals surface area (Å²) in [5, 5.41) is 22.4. The average molecular weight is 272 g/mol. The molecule has 0 amide bonds. The molecule has 8 heteroatoms. The van der Waals surface area contributed by atoms with Gasteiger partial charge in [-0.25, -0.2) is 4.79 Å². The Morgan fingerprint density at radius 1 is 1.56 bits per heavy atom. The van der Waals surface area contributed by atoms with Crippen LogP contribution in [0.3, 0.4) is 0 Å². The van der Waals surface area contributed by atoms with Gasteiger partial charge in [-0.3, -0.25) is 14.3 Å². The lowest BCUT2D eigenvalue weighted by Gasteiger charge is -2.09.